The van der Waals surface area contributed by atoms with Crippen LogP contribution in [0.1, 0.15) is 31.7 Å². The molecule has 0 aliphatic carbocycles. The van der Waals surface area contributed by atoms with Crippen molar-refractivity contribution >= 4 is 40.2 Å². The Morgan fingerprint density at radius 1 is 1.17 bits per heavy atom. The highest BCUT2D eigenvalue weighted by atomic mass is 32.2. The fraction of sp³-hybridized carbons (Fsp3) is 0.500. The number of amides is 3. The molecule has 1 aliphatic heterocycles. The molecule has 0 saturated carbocycles. The molecule has 9 heteroatoms. The van der Waals surface area contributed by atoms with Gasteiger partial charge in [-0.05, 0) is 38.8 Å². The van der Waals surface area contributed by atoms with E-state index in [0.717, 1.165) is 10.8 Å². The smallest absolute Gasteiger partial charge is 0.319 e. The Bertz CT molecular complexity index is 802. The Kier molecular flexibility index (Phi) is 7.88. The summed E-state index contributed by atoms with van der Waals surface area (Å²) >= 11 is 3.11. The number of urea groups is 1. The van der Waals surface area contributed by atoms with E-state index >= 15 is 0 Å². The van der Waals surface area contributed by atoms with E-state index in [1.165, 1.54) is 16.2 Å². The molecule has 156 valence electrons. The fourth-order valence-corrected chi connectivity index (χ4v) is 4.91. The van der Waals surface area contributed by atoms with E-state index < -0.39 is 0 Å². The van der Waals surface area contributed by atoms with E-state index in [0.29, 0.717) is 44.2 Å². The normalized spacial score (nSPS) is 14.6. The molecule has 0 atom stereocenters. The maximum atomic E-state index is 12.6. The Morgan fingerprint density at radius 2 is 1.86 bits per heavy atom. The molecule has 1 N–H and O–H groups in total. The number of nitrogens with zero attached hydrogens (tertiary/aromatic N) is 4. The van der Waals surface area contributed by atoms with Crippen molar-refractivity contribution in [3.05, 3.63) is 35.3 Å². The molecule has 3 rings (SSSR count). The molecule has 1 aromatic heterocycles. The van der Waals surface area contributed by atoms with Crippen molar-refractivity contribution in [3.8, 4) is 0 Å². The van der Waals surface area contributed by atoms with Gasteiger partial charge in [-0.25, -0.2) is 4.79 Å². The summed E-state index contributed by atoms with van der Waals surface area (Å²) in [5.74, 6) is 0.601. The summed E-state index contributed by atoms with van der Waals surface area (Å²) in [5, 5.41) is 12.6. The number of nitrogens with one attached hydrogen (secondary N) is 1. The lowest BCUT2D eigenvalue weighted by atomic mass is 9.96. The minimum Gasteiger partial charge on any atom is -0.325 e. The Balaban J connectivity index is 1.45. The predicted molar refractivity (Wildman–Crippen MR) is 117 cm³/mol. The molecule has 1 saturated heterocycles. The van der Waals surface area contributed by atoms with Crippen LogP contribution in [0.4, 0.5) is 9.93 Å². The summed E-state index contributed by atoms with van der Waals surface area (Å²) in [6, 6.07) is 10.2. The van der Waals surface area contributed by atoms with Crippen molar-refractivity contribution in [2.24, 2.45) is 5.92 Å². The van der Waals surface area contributed by atoms with E-state index in [1.54, 1.807) is 11.8 Å². The van der Waals surface area contributed by atoms with Gasteiger partial charge in [0.1, 0.15) is 5.01 Å². The number of aromatic nitrogens is 2. The summed E-state index contributed by atoms with van der Waals surface area (Å²) in [7, 11) is 0. The van der Waals surface area contributed by atoms with Crippen LogP contribution in [0.3, 0.4) is 0 Å². The predicted octanol–water partition coefficient (Wildman–Crippen LogP) is 3.94. The average molecular weight is 434 g/mol. The standard InChI is InChI=1S/C20H27N5O2S2/c1-3-24(4-2)20(27)25-12-10-15(11-13-25)18(26)21-19-23-22-17(29-19)14-28-16-8-6-5-7-9-16/h5-9,15H,3-4,10-14H2,1-2H3,(H,21,23,26). The number of anilines is 1. The van der Waals surface area contributed by atoms with E-state index in [-0.39, 0.29) is 17.9 Å². The minimum absolute atomic E-state index is 0.0293. The van der Waals surface area contributed by atoms with Gasteiger partial charge in [0.15, 0.2) is 0 Å². The van der Waals surface area contributed by atoms with Crippen LogP contribution in [0.2, 0.25) is 0 Å². The van der Waals surface area contributed by atoms with E-state index in [4.69, 9.17) is 0 Å². The Hall–Kier alpha value is -2.13. The maximum Gasteiger partial charge on any atom is 0.319 e. The first-order valence-corrected chi connectivity index (χ1v) is 11.8. The van der Waals surface area contributed by atoms with Gasteiger partial charge in [-0.3, -0.25) is 4.79 Å². The van der Waals surface area contributed by atoms with Crippen LogP contribution in [-0.4, -0.2) is 58.1 Å². The van der Waals surface area contributed by atoms with E-state index in [9.17, 15) is 9.59 Å². The number of carbonyl (C=O) groups is 2. The second-order valence-electron chi connectivity index (χ2n) is 6.81. The number of likely N-dealkylation sites (tertiary alicyclic amines) is 1. The first-order valence-electron chi connectivity index (χ1n) is 9.95. The number of rotatable bonds is 7. The fourth-order valence-electron chi connectivity index (χ4n) is 3.26. The van der Waals surface area contributed by atoms with E-state index in [2.05, 4.69) is 27.6 Å². The SMILES string of the molecule is CCN(CC)C(=O)N1CCC(C(=O)Nc2nnc(CSc3ccccc3)s2)CC1. The van der Waals surface area contributed by atoms with Crippen LogP contribution in [0, 0.1) is 5.92 Å². The van der Waals surface area contributed by atoms with Gasteiger partial charge in [-0.15, -0.1) is 22.0 Å². The van der Waals surface area contributed by atoms with Gasteiger partial charge in [0.25, 0.3) is 0 Å². The highest BCUT2D eigenvalue weighted by Gasteiger charge is 2.29. The largest absolute Gasteiger partial charge is 0.325 e. The first-order chi connectivity index (χ1) is 14.1. The quantitative estimate of drug-likeness (QED) is 0.669. The Labute approximate surface area is 179 Å². The van der Waals surface area contributed by atoms with Gasteiger partial charge in [0, 0.05) is 37.0 Å². The summed E-state index contributed by atoms with van der Waals surface area (Å²) in [5.41, 5.74) is 0. The summed E-state index contributed by atoms with van der Waals surface area (Å²) in [6.45, 7) is 6.60. The number of hydrogen-bond acceptors (Lipinski definition) is 6. The third-order valence-corrected chi connectivity index (χ3v) is 7.02. The van der Waals surface area contributed by atoms with Crippen LogP contribution >= 0.6 is 23.1 Å². The third kappa shape index (κ3) is 5.93. The zero-order valence-corrected chi connectivity index (χ0v) is 18.5. The zero-order valence-electron chi connectivity index (χ0n) is 16.8. The molecule has 29 heavy (non-hydrogen) atoms. The molecular formula is C20H27N5O2S2. The van der Waals surface area contributed by atoms with Crippen molar-refractivity contribution in [3.63, 3.8) is 0 Å². The number of hydrogen-bond donors (Lipinski definition) is 1. The van der Waals surface area contributed by atoms with Crippen LogP contribution in [-0.2, 0) is 10.5 Å². The molecule has 1 fully saturated rings. The van der Waals surface area contributed by atoms with Crippen LogP contribution in [0.5, 0.6) is 0 Å². The molecule has 0 radical (unpaired) electrons. The maximum absolute atomic E-state index is 12.6. The van der Waals surface area contributed by atoms with Crippen LogP contribution in [0.25, 0.3) is 0 Å². The van der Waals surface area contributed by atoms with Crippen LogP contribution in [0.15, 0.2) is 35.2 Å². The molecule has 7 nitrogen and oxygen atoms in total. The summed E-state index contributed by atoms with van der Waals surface area (Å²) < 4.78 is 0. The lowest BCUT2D eigenvalue weighted by Crippen LogP contribution is -2.47. The van der Waals surface area contributed by atoms with Gasteiger partial charge >= 0.3 is 6.03 Å². The molecule has 2 heterocycles. The summed E-state index contributed by atoms with van der Waals surface area (Å²) in [4.78, 5) is 29.9. The number of piperidine rings is 1. The van der Waals surface area contributed by atoms with Crippen molar-refractivity contribution < 1.29 is 9.59 Å². The number of benzene rings is 1. The van der Waals surface area contributed by atoms with Crippen molar-refractivity contribution in [1.29, 1.82) is 0 Å². The molecule has 0 bridgehead atoms. The molecule has 2 aromatic rings. The molecule has 1 aromatic carbocycles. The monoisotopic (exact) mass is 433 g/mol. The zero-order chi connectivity index (χ0) is 20.6. The van der Waals surface area contributed by atoms with Gasteiger partial charge in [-0.1, -0.05) is 29.5 Å². The average Bonchev–Trinajstić information content (AvgIpc) is 3.21. The highest BCUT2D eigenvalue weighted by molar-refractivity contribution is 7.98. The van der Waals surface area contributed by atoms with Crippen molar-refractivity contribution in [2.75, 3.05) is 31.5 Å². The number of thioether (sulfide) groups is 1. The minimum atomic E-state index is -0.0956. The van der Waals surface area contributed by atoms with Gasteiger partial charge < -0.3 is 15.1 Å². The van der Waals surface area contributed by atoms with Crippen molar-refractivity contribution in [1.82, 2.24) is 20.0 Å². The lowest BCUT2D eigenvalue weighted by molar-refractivity contribution is -0.121. The lowest BCUT2D eigenvalue weighted by Gasteiger charge is -2.34. The second kappa shape index (κ2) is 10.6. The topological polar surface area (TPSA) is 78.4 Å². The second-order valence-corrected chi connectivity index (χ2v) is 8.92. The molecule has 3 amide bonds. The Morgan fingerprint density at radius 3 is 2.52 bits per heavy atom. The number of carbonyl (C=O) groups excluding carboxylic acids is 2. The highest BCUT2D eigenvalue weighted by Crippen LogP contribution is 2.26. The molecule has 1 aliphatic rings. The van der Waals surface area contributed by atoms with Gasteiger partial charge in [0.2, 0.25) is 11.0 Å². The molecule has 0 unspecified atom stereocenters. The van der Waals surface area contributed by atoms with Gasteiger partial charge in [-0.2, -0.15) is 0 Å². The molecule has 0 spiro atoms. The van der Waals surface area contributed by atoms with Crippen molar-refractivity contribution in [2.45, 2.75) is 37.3 Å². The van der Waals surface area contributed by atoms with E-state index in [1.807, 2.05) is 41.8 Å². The summed E-state index contributed by atoms with van der Waals surface area (Å²) in [6.07, 6.45) is 1.35. The third-order valence-electron chi connectivity index (χ3n) is 4.97. The first kappa shape index (κ1) is 21.6. The van der Waals surface area contributed by atoms with Crippen LogP contribution < -0.4 is 5.32 Å². The van der Waals surface area contributed by atoms with Gasteiger partial charge in [0.05, 0.1) is 5.75 Å². The molecular weight excluding hydrogens is 406 g/mol.